The van der Waals surface area contributed by atoms with E-state index in [0.717, 1.165) is 83.5 Å². The van der Waals surface area contributed by atoms with Crippen molar-refractivity contribution in [3.05, 3.63) is 122 Å². The van der Waals surface area contributed by atoms with E-state index in [2.05, 4.69) is 118 Å². The number of hydrogen-bond acceptors (Lipinski definition) is 6. The second kappa shape index (κ2) is 52.4. The predicted octanol–water partition coefficient (Wildman–Crippen LogP) is 17.3. The van der Waals surface area contributed by atoms with E-state index in [4.69, 9.17) is 14.2 Å². The third-order valence-electron chi connectivity index (χ3n) is 10.5. The Kier molecular flexibility index (Phi) is 49.1. The fourth-order valence-corrected chi connectivity index (χ4v) is 6.66. The number of carbonyl (C=O) groups excluding carboxylic acids is 3. The minimum Gasteiger partial charge on any atom is -0.462 e. The molecule has 0 aliphatic heterocycles. The van der Waals surface area contributed by atoms with Crippen LogP contribution in [0.3, 0.4) is 0 Å². The normalized spacial score (nSPS) is 13.1. The molecule has 0 aliphatic rings. The first-order valence-corrected chi connectivity index (χ1v) is 26.0. The van der Waals surface area contributed by atoms with E-state index in [9.17, 15) is 14.4 Å². The second-order valence-corrected chi connectivity index (χ2v) is 16.7. The zero-order valence-corrected chi connectivity index (χ0v) is 41.7. The molecule has 0 rings (SSSR count). The van der Waals surface area contributed by atoms with Gasteiger partial charge in [0.2, 0.25) is 0 Å². The van der Waals surface area contributed by atoms with Gasteiger partial charge >= 0.3 is 17.9 Å². The number of rotatable bonds is 45. The Balaban J connectivity index is 4.61. The van der Waals surface area contributed by atoms with Crippen molar-refractivity contribution in [2.45, 2.75) is 219 Å². The SMILES string of the molecule is CC/C=C\C/C=C\C/C=C\C/C=C\C/C=C\CCC(=O)OCC(COC(=O)CCCCCCCCCCCCCCCCC)OC(=O)CC/C=C\C/C=C\C/C=C\C/C=C\C/C=C\CC. The first kappa shape index (κ1) is 60.8. The van der Waals surface area contributed by atoms with Crippen molar-refractivity contribution in [3.63, 3.8) is 0 Å². The molecule has 6 nitrogen and oxygen atoms in total. The molecule has 0 radical (unpaired) electrons. The van der Waals surface area contributed by atoms with Crippen LogP contribution in [0.5, 0.6) is 0 Å². The van der Waals surface area contributed by atoms with Crippen molar-refractivity contribution in [2.24, 2.45) is 0 Å². The lowest BCUT2D eigenvalue weighted by Crippen LogP contribution is -2.30. The van der Waals surface area contributed by atoms with Gasteiger partial charge in [0.1, 0.15) is 13.2 Å². The number of allylic oxidation sites excluding steroid dienone is 20. The van der Waals surface area contributed by atoms with Gasteiger partial charge in [0.15, 0.2) is 6.10 Å². The monoisotopic (exact) mass is 899 g/mol. The quantitative estimate of drug-likeness (QED) is 0.0262. The van der Waals surface area contributed by atoms with Gasteiger partial charge in [-0.15, -0.1) is 0 Å². The zero-order valence-electron chi connectivity index (χ0n) is 41.7. The molecule has 1 atom stereocenters. The summed E-state index contributed by atoms with van der Waals surface area (Å²) in [7, 11) is 0. The lowest BCUT2D eigenvalue weighted by Gasteiger charge is -2.18. The van der Waals surface area contributed by atoms with Gasteiger partial charge in [-0.25, -0.2) is 0 Å². The van der Waals surface area contributed by atoms with Gasteiger partial charge in [0, 0.05) is 19.3 Å². The van der Waals surface area contributed by atoms with Crippen LogP contribution < -0.4 is 0 Å². The van der Waals surface area contributed by atoms with Crippen LogP contribution in [0.1, 0.15) is 213 Å². The molecule has 0 N–H and O–H groups in total. The van der Waals surface area contributed by atoms with Crippen molar-refractivity contribution in [3.8, 4) is 0 Å². The Hall–Kier alpha value is -4.19. The molecule has 0 aromatic heterocycles. The largest absolute Gasteiger partial charge is 0.462 e. The molecule has 0 fully saturated rings. The Morgan fingerprint density at radius 3 is 0.938 bits per heavy atom. The van der Waals surface area contributed by atoms with E-state index in [1.54, 1.807) is 0 Å². The molecule has 366 valence electrons. The highest BCUT2D eigenvalue weighted by molar-refractivity contribution is 5.71. The number of esters is 3. The van der Waals surface area contributed by atoms with Crippen molar-refractivity contribution in [1.29, 1.82) is 0 Å². The van der Waals surface area contributed by atoms with Gasteiger partial charge in [0.05, 0.1) is 0 Å². The van der Waals surface area contributed by atoms with Gasteiger partial charge in [-0.3, -0.25) is 14.4 Å². The van der Waals surface area contributed by atoms with Crippen LogP contribution in [-0.2, 0) is 28.6 Å². The highest BCUT2D eigenvalue weighted by Crippen LogP contribution is 2.14. The minimum atomic E-state index is -0.849. The van der Waals surface area contributed by atoms with Gasteiger partial charge in [-0.05, 0) is 83.5 Å². The summed E-state index contributed by atoms with van der Waals surface area (Å²) in [6.45, 7) is 6.27. The maximum atomic E-state index is 12.8. The Labute approximate surface area is 399 Å². The topological polar surface area (TPSA) is 78.9 Å². The first-order chi connectivity index (χ1) is 32.0. The summed E-state index contributed by atoms with van der Waals surface area (Å²) in [6.07, 6.45) is 72.1. The van der Waals surface area contributed by atoms with Gasteiger partial charge < -0.3 is 14.2 Å². The maximum absolute atomic E-state index is 12.8. The van der Waals surface area contributed by atoms with Crippen molar-refractivity contribution in [2.75, 3.05) is 13.2 Å². The Bertz CT molecular complexity index is 1400. The summed E-state index contributed by atoms with van der Waals surface area (Å²) in [6, 6.07) is 0. The van der Waals surface area contributed by atoms with Crippen LogP contribution in [0, 0.1) is 0 Å². The van der Waals surface area contributed by atoms with Crippen LogP contribution in [0.15, 0.2) is 122 Å². The minimum absolute atomic E-state index is 0.132. The summed E-state index contributed by atoms with van der Waals surface area (Å²) in [5.74, 6) is -1.11. The zero-order chi connectivity index (χ0) is 47.2. The van der Waals surface area contributed by atoms with Crippen molar-refractivity contribution >= 4 is 17.9 Å². The third kappa shape index (κ3) is 50.7. The van der Waals surface area contributed by atoms with E-state index in [1.807, 2.05) is 24.3 Å². The highest BCUT2D eigenvalue weighted by atomic mass is 16.6. The molecular weight excluding hydrogens is 805 g/mol. The van der Waals surface area contributed by atoms with E-state index in [0.29, 0.717) is 19.3 Å². The lowest BCUT2D eigenvalue weighted by molar-refractivity contribution is -0.166. The Morgan fingerprint density at radius 1 is 0.323 bits per heavy atom. The maximum Gasteiger partial charge on any atom is 0.306 e. The molecule has 0 amide bonds. The van der Waals surface area contributed by atoms with Gasteiger partial charge in [0.25, 0.3) is 0 Å². The van der Waals surface area contributed by atoms with Crippen molar-refractivity contribution in [1.82, 2.24) is 0 Å². The third-order valence-corrected chi connectivity index (χ3v) is 10.5. The number of ether oxygens (including phenoxy) is 3. The second-order valence-electron chi connectivity index (χ2n) is 16.7. The highest BCUT2D eigenvalue weighted by Gasteiger charge is 2.19. The van der Waals surface area contributed by atoms with E-state index >= 15 is 0 Å². The molecule has 65 heavy (non-hydrogen) atoms. The van der Waals surface area contributed by atoms with Crippen LogP contribution in [0.25, 0.3) is 0 Å². The van der Waals surface area contributed by atoms with E-state index in [-0.39, 0.29) is 38.0 Å². The molecular formula is C59H94O6. The molecule has 1 unspecified atom stereocenters. The molecule has 0 spiro atoms. The van der Waals surface area contributed by atoms with E-state index < -0.39 is 12.1 Å². The Morgan fingerprint density at radius 2 is 0.600 bits per heavy atom. The molecule has 6 heteroatoms. The summed E-state index contributed by atoms with van der Waals surface area (Å²) in [5.41, 5.74) is 0. The van der Waals surface area contributed by atoms with Gasteiger partial charge in [-0.1, -0.05) is 232 Å². The molecule has 0 bridgehead atoms. The fraction of sp³-hybridized carbons (Fsp3) is 0.610. The number of carbonyl (C=O) groups is 3. The predicted molar refractivity (Wildman–Crippen MR) is 279 cm³/mol. The molecule has 0 aliphatic carbocycles. The molecule has 0 aromatic rings. The summed E-state index contributed by atoms with van der Waals surface area (Å²) in [5, 5.41) is 0. The molecule has 0 aromatic carbocycles. The fourth-order valence-electron chi connectivity index (χ4n) is 6.66. The summed E-state index contributed by atoms with van der Waals surface area (Å²) in [4.78, 5) is 37.9. The molecule has 0 saturated carbocycles. The molecule has 0 heterocycles. The average molecular weight is 899 g/mol. The molecule has 0 saturated heterocycles. The lowest BCUT2D eigenvalue weighted by atomic mass is 10.0. The number of hydrogen-bond donors (Lipinski definition) is 0. The summed E-state index contributed by atoms with van der Waals surface area (Å²) >= 11 is 0. The smallest absolute Gasteiger partial charge is 0.306 e. The first-order valence-electron chi connectivity index (χ1n) is 26.0. The van der Waals surface area contributed by atoms with Crippen molar-refractivity contribution < 1.29 is 28.6 Å². The van der Waals surface area contributed by atoms with Crippen LogP contribution in [-0.4, -0.2) is 37.2 Å². The van der Waals surface area contributed by atoms with E-state index in [1.165, 1.54) is 77.0 Å². The van der Waals surface area contributed by atoms with Crippen LogP contribution in [0.2, 0.25) is 0 Å². The van der Waals surface area contributed by atoms with Crippen LogP contribution >= 0.6 is 0 Å². The van der Waals surface area contributed by atoms with Crippen LogP contribution in [0.4, 0.5) is 0 Å². The van der Waals surface area contributed by atoms with Gasteiger partial charge in [-0.2, -0.15) is 0 Å². The average Bonchev–Trinajstić information content (AvgIpc) is 3.30. The summed E-state index contributed by atoms with van der Waals surface area (Å²) < 4.78 is 16.7. The standard InChI is InChI=1S/C59H94O6/c1-4-7-10-13-16-19-22-25-28-31-34-37-40-43-46-49-52-58(61)64-55-56(54-63-57(60)51-48-45-42-39-36-33-30-27-24-21-18-15-12-9-6-3)65-59(62)53-50-47-44-41-38-35-32-29-26-23-20-17-14-11-8-5-2/h7-8,10-11,16-17,19-20,25-26,28-29,34-35,37-38,43-44,46-47,56H,4-6,9,12-15,18,21-24,27,30-33,36,39-42,45,48-55H2,1-3H3/b10-7-,11-8-,19-16-,20-17-,28-25-,29-26-,37-34-,38-35-,46-43-,47-44-. The number of unbranched alkanes of at least 4 members (excludes halogenated alkanes) is 14.